The minimum absolute atomic E-state index is 0.115. The van der Waals surface area contributed by atoms with Gasteiger partial charge in [0.15, 0.2) is 5.82 Å². The molecule has 196 valence electrons. The Balaban J connectivity index is 1.40. The lowest BCUT2D eigenvalue weighted by Crippen LogP contribution is -2.50. The van der Waals surface area contributed by atoms with Crippen molar-refractivity contribution in [1.29, 1.82) is 0 Å². The molecule has 0 aliphatic carbocycles. The molecule has 0 radical (unpaired) electrons. The van der Waals surface area contributed by atoms with Crippen LogP contribution in [0.1, 0.15) is 11.4 Å². The number of hydrogen-bond donors (Lipinski definition) is 2. The van der Waals surface area contributed by atoms with E-state index >= 15 is 0 Å². The lowest BCUT2D eigenvalue weighted by molar-refractivity contribution is 0.208. The van der Waals surface area contributed by atoms with Crippen molar-refractivity contribution in [3.8, 4) is 11.3 Å². The zero-order valence-corrected chi connectivity index (χ0v) is 21.8. The molecule has 2 aromatic heterocycles. The molecule has 2 N–H and O–H groups in total. The number of benzene rings is 2. The van der Waals surface area contributed by atoms with Gasteiger partial charge in [-0.3, -0.25) is 5.01 Å². The lowest BCUT2D eigenvalue weighted by Gasteiger charge is -2.35. The van der Waals surface area contributed by atoms with Crippen molar-refractivity contribution in [2.75, 3.05) is 50.5 Å². The number of aromatic nitrogens is 3. The van der Waals surface area contributed by atoms with Gasteiger partial charge in [0.05, 0.1) is 17.8 Å². The summed E-state index contributed by atoms with van der Waals surface area (Å²) in [5.41, 5.74) is 8.05. The molecule has 1 fully saturated rings. The Morgan fingerprint density at radius 1 is 0.974 bits per heavy atom. The van der Waals surface area contributed by atoms with Gasteiger partial charge in [-0.25, -0.2) is 29.6 Å². The molecule has 5 rings (SSSR count). The molecule has 3 heterocycles. The van der Waals surface area contributed by atoms with Crippen LogP contribution in [0.25, 0.3) is 22.3 Å². The number of carbonyl (C=O) groups is 1. The Hall–Kier alpha value is -4.15. The van der Waals surface area contributed by atoms with E-state index in [2.05, 4.69) is 15.6 Å². The molecule has 4 aromatic rings. The number of aryl methyl sites for hydroxylation is 1. The number of fused-ring (bicyclic) bond motifs is 1. The summed E-state index contributed by atoms with van der Waals surface area (Å²) in [5, 5.41) is 4.85. The van der Waals surface area contributed by atoms with Crippen LogP contribution in [0.4, 0.5) is 20.7 Å². The number of anilines is 2. The summed E-state index contributed by atoms with van der Waals surface area (Å²) in [6, 6.07) is 17.8. The summed E-state index contributed by atoms with van der Waals surface area (Å²) in [4.78, 5) is 31.3. The average Bonchev–Trinajstić information content (AvgIpc) is 2.92. The van der Waals surface area contributed by atoms with Gasteiger partial charge >= 0.3 is 6.03 Å². The van der Waals surface area contributed by atoms with Gasteiger partial charge in [-0.2, -0.15) is 0 Å². The second-order valence-corrected chi connectivity index (χ2v) is 9.54. The number of pyridine rings is 1. The van der Waals surface area contributed by atoms with E-state index < -0.39 is 0 Å². The number of piperazine rings is 1. The van der Waals surface area contributed by atoms with Gasteiger partial charge in [0.2, 0.25) is 0 Å². The molecular weight excluding hydrogens is 483 g/mol. The third-order valence-electron chi connectivity index (χ3n) is 6.40. The fourth-order valence-corrected chi connectivity index (χ4v) is 4.40. The van der Waals surface area contributed by atoms with E-state index in [0.717, 1.165) is 33.8 Å². The highest BCUT2D eigenvalue weighted by Gasteiger charge is 2.25. The zero-order chi connectivity index (χ0) is 26.6. The molecule has 1 aliphatic rings. The number of hydrazine groups is 1. The predicted molar refractivity (Wildman–Crippen MR) is 147 cm³/mol. The number of hydrogen-bond acceptors (Lipinski definition) is 7. The van der Waals surface area contributed by atoms with Gasteiger partial charge in [-0.15, -0.1) is 0 Å². The summed E-state index contributed by atoms with van der Waals surface area (Å²) < 4.78 is 13.5. The third kappa shape index (κ3) is 5.87. The van der Waals surface area contributed by atoms with Crippen LogP contribution in [0.5, 0.6) is 0 Å². The van der Waals surface area contributed by atoms with E-state index in [0.29, 0.717) is 44.1 Å². The van der Waals surface area contributed by atoms with Crippen LogP contribution in [0.15, 0.2) is 60.7 Å². The van der Waals surface area contributed by atoms with Crippen molar-refractivity contribution in [1.82, 2.24) is 30.3 Å². The quantitative estimate of drug-likeness (QED) is 0.375. The van der Waals surface area contributed by atoms with Crippen LogP contribution >= 0.6 is 0 Å². The Kier molecular flexibility index (Phi) is 7.43. The number of urea groups is 1. The van der Waals surface area contributed by atoms with E-state index in [1.807, 2.05) is 67.3 Å². The molecular formula is C28H31FN8O. The summed E-state index contributed by atoms with van der Waals surface area (Å²) in [6.07, 6.45) is 0. The van der Waals surface area contributed by atoms with E-state index in [1.165, 1.54) is 12.1 Å². The second kappa shape index (κ2) is 11.1. The Labute approximate surface area is 221 Å². The molecule has 0 atom stereocenters. The number of nitrogens with zero attached hydrogens (tertiary/aromatic N) is 6. The maximum atomic E-state index is 13.5. The fraction of sp³-hybridized carbons (Fsp3) is 0.286. The van der Waals surface area contributed by atoms with E-state index in [1.54, 1.807) is 12.1 Å². The third-order valence-corrected chi connectivity index (χ3v) is 6.40. The highest BCUT2D eigenvalue weighted by Crippen LogP contribution is 2.27. The first-order valence-corrected chi connectivity index (χ1v) is 12.6. The molecule has 38 heavy (non-hydrogen) atoms. The molecule has 2 aromatic carbocycles. The first-order valence-electron chi connectivity index (χ1n) is 12.6. The van der Waals surface area contributed by atoms with E-state index in [4.69, 9.17) is 15.0 Å². The summed E-state index contributed by atoms with van der Waals surface area (Å²) >= 11 is 0. The van der Waals surface area contributed by atoms with Gasteiger partial charge in [0, 0.05) is 51.5 Å². The summed E-state index contributed by atoms with van der Waals surface area (Å²) in [6.45, 7) is 4.78. The molecule has 0 spiro atoms. The lowest BCUT2D eigenvalue weighted by atomic mass is 10.1. The molecule has 9 nitrogen and oxygen atoms in total. The van der Waals surface area contributed by atoms with Gasteiger partial charge in [0.1, 0.15) is 17.2 Å². The Morgan fingerprint density at radius 3 is 2.45 bits per heavy atom. The second-order valence-electron chi connectivity index (χ2n) is 9.54. The van der Waals surface area contributed by atoms with Gasteiger partial charge in [0.25, 0.3) is 0 Å². The van der Waals surface area contributed by atoms with Crippen molar-refractivity contribution >= 4 is 28.6 Å². The first-order chi connectivity index (χ1) is 18.4. The molecule has 0 unspecified atom stereocenters. The molecule has 10 heteroatoms. The van der Waals surface area contributed by atoms with Crippen LogP contribution in [-0.4, -0.2) is 71.2 Å². The number of nitrogens with one attached hydrogen (secondary N) is 2. The number of amides is 2. The average molecular weight is 515 g/mol. The zero-order valence-electron chi connectivity index (χ0n) is 21.8. The first kappa shape index (κ1) is 25.5. The summed E-state index contributed by atoms with van der Waals surface area (Å²) in [7, 11) is 3.83. The van der Waals surface area contributed by atoms with Crippen LogP contribution in [0.3, 0.4) is 0 Å². The Morgan fingerprint density at radius 2 is 1.74 bits per heavy atom. The van der Waals surface area contributed by atoms with Crippen LogP contribution in [0.2, 0.25) is 0 Å². The Bertz CT molecular complexity index is 1440. The number of carbonyl (C=O) groups excluding carboxylic acids is 1. The maximum Gasteiger partial charge on any atom is 0.321 e. The van der Waals surface area contributed by atoms with Crippen LogP contribution in [-0.2, 0) is 6.54 Å². The largest absolute Gasteiger partial charge is 0.351 e. The highest BCUT2D eigenvalue weighted by atomic mass is 19.1. The molecule has 0 saturated carbocycles. The fourth-order valence-electron chi connectivity index (χ4n) is 4.40. The van der Waals surface area contributed by atoms with Crippen molar-refractivity contribution in [3.05, 3.63) is 77.9 Å². The molecule has 0 bridgehead atoms. The van der Waals surface area contributed by atoms with E-state index in [-0.39, 0.29) is 11.8 Å². The number of halogens is 1. The highest BCUT2D eigenvalue weighted by molar-refractivity contribution is 5.90. The van der Waals surface area contributed by atoms with Crippen molar-refractivity contribution in [2.45, 2.75) is 13.5 Å². The normalized spacial score (nSPS) is 13.8. The smallest absolute Gasteiger partial charge is 0.321 e. The van der Waals surface area contributed by atoms with Crippen molar-refractivity contribution < 1.29 is 9.18 Å². The summed E-state index contributed by atoms with van der Waals surface area (Å²) in [5.74, 6) is 1.09. The standard InChI is InChI=1S/C28H31FN8O/c1-19-5-4-6-22(17-19)31-28(38)37-15-13-36(14-16-37)27-26-24(32-25(34-27)18-30-35(2)3)12-11-23(33-26)20-7-9-21(29)10-8-20/h4-12,17,30H,13-16,18H2,1-3H3,(H,31,38). The molecule has 1 saturated heterocycles. The van der Waals surface area contributed by atoms with Gasteiger partial charge < -0.3 is 15.1 Å². The van der Waals surface area contributed by atoms with Crippen molar-refractivity contribution in [3.63, 3.8) is 0 Å². The topological polar surface area (TPSA) is 89.5 Å². The maximum absolute atomic E-state index is 13.5. The molecule has 1 aliphatic heterocycles. The number of rotatable bonds is 6. The van der Waals surface area contributed by atoms with Gasteiger partial charge in [-0.1, -0.05) is 12.1 Å². The van der Waals surface area contributed by atoms with Crippen LogP contribution in [0, 0.1) is 12.7 Å². The minimum Gasteiger partial charge on any atom is -0.351 e. The van der Waals surface area contributed by atoms with Gasteiger partial charge in [-0.05, 0) is 61.0 Å². The molecule has 2 amide bonds. The van der Waals surface area contributed by atoms with Crippen molar-refractivity contribution in [2.24, 2.45) is 0 Å². The minimum atomic E-state index is -0.291. The SMILES string of the molecule is Cc1cccc(NC(=O)N2CCN(c3nc(CNN(C)C)nc4ccc(-c5ccc(F)cc5)nc34)CC2)c1. The van der Waals surface area contributed by atoms with Crippen LogP contribution < -0.4 is 15.6 Å². The monoisotopic (exact) mass is 514 g/mol. The van der Waals surface area contributed by atoms with E-state index in [9.17, 15) is 9.18 Å². The predicted octanol–water partition coefficient (Wildman–Crippen LogP) is 4.06.